The molecule has 1 saturated carbocycles. The lowest BCUT2D eigenvalue weighted by Gasteiger charge is -2.34. The summed E-state index contributed by atoms with van der Waals surface area (Å²) in [4.78, 5) is 26.0. The van der Waals surface area contributed by atoms with Crippen LogP contribution in [0, 0.1) is 0 Å². The van der Waals surface area contributed by atoms with E-state index in [1.807, 2.05) is 11.0 Å². The summed E-state index contributed by atoms with van der Waals surface area (Å²) in [6.45, 7) is 1.53. The van der Waals surface area contributed by atoms with Gasteiger partial charge in [0.15, 0.2) is 16.0 Å². The number of nitrogens with one attached hydrogen (secondary N) is 2. The van der Waals surface area contributed by atoms with Crippen molar-refractivity contribution in [3.05, 3.63) is 36.0 Å². The molecule has 1 saturated heterocycles. The molecular formula is C22H27N5O3S. The first kappa shape index (κ1) is 20.2. The van der Waals surface area contributed by atoms with Crippen LogP contribution >= 0.6 is 0 Å². The fourth-order valence-corrected chi connectivity index (χ4v) is 5.75. The van der Waals surface area contributed by atoms with Crippen LogP contribution in [0.4, 0.5) is 4.79 Å². The summed E-state index contributed by atoms with van der Waals surface area (Å²) in [6, 6.07) is 6.60. The average Bonchev–Trinajstić information content (AvgIpc) is 3.35. The lowest BCUT2D eigenvalue weighted by molar-refractivity contribution is -0.114. The number of hydrogen-bond donors (Lipinski definition) is 2. The molecule has 1 aliphatic carbocycles. The fraction of sp³-hybridized carbons (Fsp3) is 0.500. The zero-order chi connectivity index (χ0) is 21.4. The maximum absolute atomic E-state index is 12.6. The molecular weight excluding hydrogens is 414 g/mol. The van der Waals surface area contributed by atoms with Gasteiger partial charge in [0.05, 0.1) is 11.7 Å². The van der Waals surface area contributed by atoms with Gasteiger partial charge in [-0.15, -0.1) is 0 Å². The molecule has 5 rings (SSSR count). The summed E-state index contributed by atoms with van der Waals surface area (Å²) >= 11 is 0. The van der Waals surface area contributed by atoms with Crippen molar-refractivity contribution in [2.75, 3.05) is 13.1 Å². The molecule has 0 bridgehead atoms. The molecule has 3 aliphatic rings. The predicted molar refractivity (Wildman–Crippen MR) is 119 cm³/mol. The van der Waals surface area contributed by atoms with Gasteiger partial charge in [-0.2, -0.15) is 5.10 Å². The lowest BCUT2D eigenvalue weighted by atomic mass is 9.89. The molecule has 31 heavy (non-hydrogen) atoms. The van der Waals surface area contributed by atoms with E-state index >= 15 is 0 Å². The molecule has 1 aromatic carbocycles. The molecule has 3 amide bonds. The number of amides is 3. The average molecular weight is 442 g/mol. The second kappa shape index (κ2) is 8.45. The molecule has 0 radical (unpaired) electrons. The van der Waals surface area contributed by atoms with Crippen LogP contribution in [0.2, 0.25) is 0 Å². The standard InChI is InChI=1S/C22H27N5O3S/c28-20-13-21(31(30)25-20)27-19-7-6-16(12-17(19)14-23-27)15-8-10-26(11-9-15)22(29)24-18-4-2-1-3-5-18/h6-7,12-15,18H,1-5,8-11H2,(H,24,29)(H,25,28). The van der Waals surface area contributed by atoms with Crippen LogP contribution in [0.5, 0.6) is 0 Å². The maximum atomic E-state index is 12.6. The van der Waals surface area contributed by atoms with E-state index in [2.05, 4.69) is 27.3 Å². The van der Waals surface area contributed by atoms with Gasteiger partial charge in [-0.05, 0) is 49.3 Å². The van der Waals surface area contributed by atoms with Crippen LogP contribution in [-0.4, -0.2) is 50.0 Å². The third-order valence-electron chi connectivity index (χ3n) is 6.62. The molecule has 164 valence electrons. The maximum Gasteiger partial charge on any atom is 0.317 e. The molecule has 0 spiro atoms. The lowest BCUT2D eigenvalue weighted by Crippen LogP contribution is -2.48. The van der Waals surface area contributed by atoms with Gasteiger partial charge in [0.1, 0.15) is 0 Å². The number of piperidine rings is 1. The summed E-state index contributed by atoms with van der Waals surface area (Å²) in [5.41, 5.74) is 2.05. The Labute approximate surface area is 183 Å². The van der Waals surface area contributed by atoms with Gasteiger partial charge < -0.3 is 10.2 Å². The van der Waals surface area contributed by atoms with Crippen molar-refractivity contribution < 1.29 is 13.8 Å². The van der Waals surface area contributed by atoms with Crippen LogP contribution in [0.15, 0.2) is 30.5 Å². The van der Waals surface area contributed by atoms with E-state index in [0.29, 0.717) is 17.0 Å². The summed E-state index contributed by atoms with van der Waals surface area (Å²) in [6.07, 6.45) is 10.9. The van der Waals surface area contributed by atoms with Crippen molar-refractivity contribution in [1.82, 2.24) is 24.7 Å². The number of urea groups is 1. The van der Waals surface area contributed by atoms with Gasteiger partial charge in [-0.1, -0.05) is 25.3 Å². The van der Waals surface area contributed by atoms with Crippen LogP contribution in [0.25, 0.3) is 15.9 Å². The van der Waals surface area contributed by atoms with Gasteiger partial charge in [0, 0.05) is 30.6 Å². The second-order valence-corrected chi connectivity index (χ2v) is 9.80. The van der Waals surface area contributed by atoms with Crippen molar-refractivity contribution in [3.8, 4) is 0 Å². The zero-order valence-corrected chi connectivity index (χ0v) is 18.2. The van der Waals surface area contributed by atoms with Crippen LogP contribution in [0.3, 0.4) is 0 Å². The van der Waals surface area contributed by atoms with E-state index in [1.54, 1.807) is 10.9 Å². The SMILES string of the molecule is O=C1C=C(n2ncc3cc(C4CCN(C(=O)NC5CCCCC5)CC4)ccc32)S(=O)N1. The Morgan fingerprint density at radius 3 is 2.61 bits per heavy atom. The molecule has 2 aromatic rings. The number of rotatable bonds is 3. The van der Waals surface area contributed by atoms with E-state index in [4.69, 9.17) is 0 Å². The molecule has 1 aromatic heterocycles. The minimum absolute atomic E-state index is 0.0862. The normalized spacial score (nSPS) is 23.1. The van der Waals surface area contributed by atoms with Gasteiger partial charge in [-0.3, -0.25) is 9.52 Å². The quantitative estimate of drug-likeness (QED) is 0.766. The topological polar surface area (TPSA) is 96.3 Å². The smallest absolute Gasteiger partial charge is 0.317 e. The minimum atomic E-state index is -1.58. The number of carbonyl (C=O) groups is 2. The van der Waals surface area contributed by atoms with Crippen molar-refractivity contribution in [3.63, 3.8) is 0 Å². The molecule has 8 nitrogen and oxygen atoms in total. The van der Waals surface area contributed by atoms with Crippen molar-refractivity contribution >= 4 is 38.9 Å². The summed E-state index contributed by atoms with van der Waals surface area (Å²) in [5, 5.41) is 8.86. The number of fused-ring (bicyclic) bond motifs is 1. The minimum Gasteiger partial charge on any atom is -0.335 e. The Kier molecular flexibility index (Phi) is 5.52. The number of hydrogen-bond acceptors (Lipinski definition) is 4. The Morgan fingerprint density at radius 1 is 1.13 bits per heavy atom. The van der Waals surface area contributed by atoms with E-state index in [1.165, 1.54) is 30.9 Å². The van der Waals surface area contributed by atoms with Crippen LogP contribution in [0.1, 0.15) is 56.4 Å². The van der Waals surface area contributed by atoms with E-state index in [0.717, 1.165) is 49.7 Å². The largest absolute Gasteiger partial charge is 0.335 e. The molecule has 9 heteroatoms. The summed E-state index contributed by atoms with van der Waals surface area (Å²) < 4.78 is 16.0. The zero-order valence-electron chi connectivity index (χ0n) is 17.4. The molecule has 1 atom stereocenters. The monoisotopic (exact) mass is 441 g/mol. The van der Waals surface area contributed by atoms with Gasteiger partial charge in [-0.25, -0.2) is 13.7 Å². The van der Waals surface area contributed by atoms with Crippen LogP contribution < -0.4 is 10.0 Å². The van der Waals surface area contributed by atoms with E-state index in [9.17, 15) is 13.8 Å². The number of aromatic nitrogens is 2. The summed E-state index contributed by atoms with van der Waals surface area (Å²) in [5.74, 6) is 0.0300. The van der Waals surface area contributed by atoms with E-state index < -0.39 is 11.0 Å². The van der Waals surface area contributed by atoms with Gasteiger partial charge >= 0.3 is 6.03 Å². The van der Waals surface area contributed by atoms with Crippen molar-refractivity contribution in [1.29, 1.82) is 0 Å². The predicted octanol–water partition coefficient (Wildman–Crippen LogP) is 2.85. The van der Waals surface area contributed by atoms with Gasteiger partial charge in [0.25, 0.3) is 5.91 Å². The Morgan fingerprint density at radius 2 is 1.90 bits per heavy atom. The summed E-state index contributed by atoms with van der Waals surface area (Å²) in [7, 11) is -1.58. The third kappa shape index (κ3) is 4.11. The molecule has 3 heterocycles. The highest BCUT2D eigenvalue weighted by Gasteiger charge is 2.27. The highest BCUT2D eigenvalue weighted by Crippen LogP contribution is 2.31. The van der Waals surface area contributed by atoms with E-state index in [-0.39, 0.29) is 11.9 Å². The number of benzene rings is 1. The fourth-order valence-electron chi connectivity index (χ4n) is 4.89. The second-order valence-electron chi connectivity index (χ2n) is 8.64. The van der Waals surface area contributed by atoms with Crippen LogP contribution in [-0.2, 0) is 15.8 Å². The molecule has 2 fully saturated rings. The Hall–Kier alpha value is -2.68. The van der Waals surface area contributed by atoms with Crippen molar-refractivity contribution in [2.45, 2.75) is 56.9 Å². The first-order chi connectivity index (χ1) is 15.1. The molecule has 2 N–H and O–H groups in total. The number of carbonyl (C=O) groups excluding carboxylic acids is 2. The Balaban J connectivity index is 1.24. The number of likely N-dealkylation sites (tertiary alicyclic amines) is 1. The Bertz CT molecular complexity index is 1060. The first-order valence-corrected chi connectivity index (χ1v) is 12.2. The highest BCUT2D eigenvalue weighted by molar-refractivity contribution is 7.93. The highest BCUT2D eigenvalue weighted by atomic mass is 32.2. The van der Waals surface area contributed by atoms with Gasteiger partial charge in [0.2, 0.25) is 0 Å². The number of nitrogens with zero attached hydrogens (tertiary/aromatic N) is 3. The first-order valence-electron chi connectivity index (χ1n) is 11.1. The third-order valence-corrected chi connectivity index (χ3v) is 7.68. The molecule has 2 aliphatic heterocycles. The van der Waals surface area contributed by atoms with Crippen molar-refractivity contribution in [2.24, 2.45) is 0 Å². The molecule has 1 unspecified atom stereocenters.